The lowest BCUT2D eigenvalue weighted by Crippen LogP contribution is -2.34. The summed E-state index contributed by atoms with van der Waals surface area (Å²) in [7, 11) is 1.78. The lowest BCUT2D eigenvalue weighted by molar-refractivity contribution is -0.128. The summed E-state index contributed by atoms with van der Waals surface area (Å²) < 4.78 is 1.58. The van der Waals surface area contributed by atoms with Crippen molar-refractivity contribution in [2.24, 2.45) is 7.05 Å². The van der Waals surface area contributed by atoms with Gasteiger partial charge in [0.2, 0.25) is 11.1 Å². The topological polar surface area (TPSA) is 63.9 Å². The molecule has 0 unspecified atom stereocenters. The summed E-state index contributed by atoms with van der Waals surface area (Å²) in [5.74, 6) is 1.52. The molecule has 1 fully saturated rings. The summed E-state index contributed by atoms with van der Waals surface area (Å²) >= 11 is 3.33. The van der Waals surface area contributed by atoms with Gasteiger partial charge in [0.05, 0.1) is 5.75 Å². The average Bonchev–Trinajstić information content (AvgIpc) is 2.85. The second kappa shape index (κ2) is 7.83. The molecule has 2 aromatic rings. The molecule has 0 N–H and O–H groups in total. The van der Waals surface area contributed by atoms with Crippen molar-refractivity contribution in [1.82, 2.24) is 25.1 Å². The third-order valence-electron chi connectivity index (χ3n) is 3.77. The summed E-state index contributed by atoms with van der Waals surface area (Å²) in [5.41, 5.74) is 1.35. The number of tetrazole rings is 1. The minimum Gasteiger partial charge on any atom is -0.341 e. The zero-order valence-electron chi connectivity index (χ0n) is 13.0. The monoisotopic (exact) mass is 349 g/mol. The van der Waals surface area contributed by atoms with Gasteiger partial charge in [0.1, 0.15) is 0 Å². The SMILES string of the molecule is Cn1nnnc1SCC(=O)N1CCS[C@@H](c2ccccc2)CC1. The van der Waals surface area contributed by atoms with Crippen LogP contribution in [0.1, 0.15) is 17.2 Å². The molecule has 2 heterocycles. The van der Waals surface area contributed by atoms with Gasteiger partial charge in [0.15, 0.2) is 0 Å². The Kier molecular flexibility index (Phi) is 5.56. The molecule has 1 aliphatic heterocycles. The molecule has 1 aliphatic rings. The van der Waals surface area contributed by atoms with Gasteiger partial charge in [-0.05, 0) is 22.4 Å². The molecule has 0 saturated carbocycles. The van der Waals surface area contributed by atoms with Crippen LogP contribution >= 0.6 is 23.5 Å². The molecular weight excluding hydrogens is 330 g/mol. The molecular formula is C15H19N5OS2. The van der Waals surface area contributed by atoms with Crippen molar-refractivity contribution in [3.05, 3.63) is 35.9 Å². The molecule has 122 valence electrons. The van der Waals surface area contributed by atoms with E-state index in [1.807, 2.05) is 22.7 Å². The Hall–Kier alpha value is -1.54. The van der Waals surface area contributed by atoms with E-state index in [2.05, 4.69) is 39.8 Å². The molecule has 8 heteroatoms. The maximum absolute atomic E-state index is 12.4. The Morgan fingerprint density at radius 2 is 2.17 bits per heavy atom. The number of hydrogen-bond donors (Lipinski definition) is 0. The highest BCUT2D eigenvalue weighted by Gasteiger charge is 2.22. The van der Waals surface area contributed by atoms with Crippen LogP contribution < -0.4 is 0 Å². The highest BCUT2D eigenvalue weighted by molar-refractivity contribution is 8.00. The maximum atomic E-state index is 12.4. The summed E-state index contributed by atoms with van der Waals surface area (Å²) in [6, 6.07) is 10.5. The number of thioether (sulfide) groups is 2. The van der Waals surface area contributed by atoms with Crippen LogP contribution in [-0.2, 0) is 11.8 Å². The third kappa shape index (κ3) is 4.26. The Morgan fingerprint density at radius 3 is 2.91 bits per heavy atom. The molecule has 3 rings (SSSR count). The Bertz CT molecular complexity index is 648. The molecule has 0 bridgehead atoms. The predicted molar refractivity (Wildman–Crippen MR) is 92.4 cm³/mol. The van der Waals surface area contributed by atoms with E-state index in [4.69, 9.17) is 0 Å². The van der Waals surface area contributed by atoms with Crippen molar-refractivity contribution in [2.75, 3.05) is 24.6 Å². The molecule has 23 heavy (non-hydrogen) atoms. The number of aryl methyl sites for hydroxylation is 1. The zero-order chi connectivity index (χ0) is 16.1. The van der Waals surface area contributed by atoms with E-state index >= 15 is 0 Å². The standard InChI is InChI=1S/C15H19N5OS2/c1-19-15(16-17-18-19)23-11-14(21)20-8-7-13(22-10-9-20)12-5-3-2-4-6-12/h2-6,13H,7-11H2,1H3/t13-/m1/s1. The van der Waals surface area contributed by atoms with Crippen LogP contribution in [0.5, 0.6) is 0 Å². The predicted octanol–water partition coefficient (Wildman–Crippen LogP) is 2.01. The maximum Gasteiger partial charge on any atom is 0.233 e. The first-order valence-electron chi connectivity index (χ1n) is 7.53. The van der Waals surface area contributed by atoms with Crippen molar-refractivity contribution < 1.29 is 4.79 Å². The van der Waals surface area contributed by atoms with Gasteiger partial charge in [0.25, 0.3) is 0 Å². The first kappa shape index (κ1) is 16.3. The van der Waals surface area contributed by atoms with Crippen molar-refractivity contribution >= 4 is 29.4 Å². The van der Waals surface area contributed by atoms with E-state index in [9.17, 15) is 4.79 Å². The zero-order valence-corrected chi connectivity index (χ0v) is 14.6. The number of aromatic nitrogens is 4. The van der Waals surface area contributed by atoms with E-state index in [1.54, 1.807) is 11.7 Å². The second-order valence-corrected chi connectivity index (χ2v) is 7.57. The van der Waals surface area contributed by atoms with E-state index in [1.165, 1.54) is 17.3 Å². The van der Waals surface area contributed by atoms with Crippen molar-refractivity contribution in [3.63, 3.8) is 0 Å². The fourth-order valence-electron chi connectivity index (χ4n) is 2.51. The second-order valence-electron chi connectivity index (χ2n) is 5.31. The van der Waals surface area contributed by atoms with Crippen LogP contribution in [0.25, 0.3) is 0 Å². The lowest BCUT2D eigenvalue weighted by Gasteiger charge is -2.20. The smallest absolute Gasteiger partial charge is 0.233 e. The Labute approximate surface area is 144 Å². The van der Waals surface area contributed by atoms with E-state index < -0.39 is 0 Å². The van der Waals surface area contributed by atoms with Crippen LogP contribution in [0.3, 0.4) is 0 Å². The first-order valence-corrected chi connectivity index (χ1v) is 9.57. The molecule has 0 aliphatic carbocycles. The largest absolute Gasteiger partial charge is 0.341 e. The van der Waals surface area contributed by atoms with Gasteiger partial charge < -0.3 is 4.90 Å². The van der Waals surface area contributed by atoms with Gasteiger partial charge in [-0.3, -0.25) is 4.79 Å². The molecule has 0 spiro atoms. The quantitative estimate of drug-likeness (QED) is 0.787. The number of hydrogen-bond acceptors (Lipinski definition) is 6. The number of carbonyl (C=O) groups is 1. The Balaban J connectivity index is 1.53. The molecule has 1 aromatic heterocycles. The third-order valence-corrected chi connectivity index (χ3v) is 6.10. The molecule has 1 amide bonds. The molecule has 1 aromatic carbocycles. The average molecular weight is 349 g/mol. The number of rotatable bonds is 4. The number of benzene rings is 1. The molecule has 6 nitrogen and oxygen atoms in total. The lowest BCUT2D eigenvalue weighted by atomic mass is 10.1. The van der Waals surface area contributed by atoms with Crippen LogP contribution in [0.4, 0.5) is 0 Å². The fourth-order valence-corrected chi connectivity index (χ4v) is 4.50. The highest BCUT2D eigenvalue weighted by atomic mass is 32.2. The summed E-state index contributed by atoms with van der Waals surface area (Å²) in [4.78, 5) is 14.4. The Morgan fingerprint density at radius 1 is 1.35 bits per heavy atom. The van der Waals surface area contributed by atoms with Gasteiger partial charge >= 0.3 is 0 Å². The van der Waals surface area contributed by atoms with Crippen molar-refractivity contribution in [2.45, 2.75) is 16.8 Å². The first-order chi connectivity index (χ1) is 11.2. The number of carbonyl (C=O) groups excluding carboxylic acids is 1. The van der Waals surface area contributed by atoms with Crippen LogP contribution in [0, 0.1) is 0 Å². The van der Waals surface area contributed by atoms with Gasteiger partial charge in [-0.2, -0.15) is 11.8 Å². The highest BCUT2D eigenvalue weighted by Crippen LogP contribution is 2.34. The number of amides is 1. The normalized spacial score (nSPS) is 18.7. The number of nitrogens with zero attached hydrogens (tertiary/aromatic N) is 5. The van der Waals surface area contributed by atoms with Gasteiger partial charge in [-0.1, -0.05) is 42.1 Å². The molecule has 1 saturated heterocycles. The summed E-state index contributed by atoms with van der Waals surface area (Å²) in [6.07, 6.45) is 0.997. The van der Waals surface area contributed by atoms with Crippen molar-refractivity contribution in [1.29, 1.82) is 0 Å². The van der Waals surface area contributed by atoms with Gasteiger partial charge in [-0.25, -0.2) is 4.68 Å². The summed E-state index contributed by atoms with van der Waals surface area (Å²) in [5, 5.41) is 12.4. The van der Waals surface area contributed by atoms with Crippen molar-refractivity contribution in [3.8, 4) is 0 Å². The molecule has 0 radical (unpaired) electrons. The fraction of sp³-hybridized carbons (Fsp3) is 0.467. The van der Waals surface area contributed by atoms with Crippen LogP contribution in [-0.4, -0.2) is 55.6 Å². The summed E-state index contributed by atoms with van der Waals surface area (Å²) in [6.45, 7) is 1.62. The van der Waals surface area contributed by atoms with Gasteiger partial charge in [0, 0.05) is 31.1 Å². The minimum absolute atomic E-state index is 0.160. The minimum atomic E-state index is 0.160. The molecule has 1 atom stereocenters. The van der Waals surface area contributed by atoms with Crippen LogP contribution in [0.15, 0.2) is 35.5 Å². The van der Waals surface area contributed by atoms with Crippen LogP contribution in [0.2, 0.25) is 0 Å². The van der Waals surface area contributed by atoms with Gasteiger partial charge in [-0.15, -0.1) is 5.10 Å². The van der Waals surface area contributed by atoms with E-state index in [0.29, 0.717) is 16.2 Å². The van der Waals surface area contributed by atoms with E-state index in [0.717, 1.165) is 25.3 Å². The van der Waals surface area contributed by atoms with E-state index in [-0.39, 0.29) is 5.91 Å².